The third-order valence-electron chi connectivity index (χ3n) is 10.6. The molecule has 1 heterocycles. The number of hydrogen-bond donors (Lipinski definition) is 0. The van der Waals surface area contributed by atoms with Crippen molar-refractivity contribution in [3.8, 4) is 0 Å². The van der Waals surface area contributed by atoms with Crippen molar-refractivity contribution in [3.05, 3.63) is 11.6 Å². The van der Waals surface area contributed by atoms with Crippen LogP contribution >= 0.6 is 0 Å². The molecule has 39 heavy (non-hydrogen) atoms. The molecule has 0 aromatic carbocycles. The van der Waals surface area contributed by atoms with Gasteiger partial charge in [-0.25, -0.2) is 14.4 Å². The predicted molar refractivity (Wildman–Crippen MR) is 132 cm³/mol. The first-order valence-corrected chi connectivity index (χ1v) is 13.7. The van der Waals surface area contributed by atoms with Crippen molar-refractivity contribution in [3.63, 3.8) is 0 Å². The van der Waals surface area contributed by atoms with E-state index in [1.165, 1.54) is 21.3 Å². The maximum atomic E-state index is 12.6. The zero-order valence-corrected chi connectivity index (χ0v) is 23.2. The lowest BCUT2D eigenvalue weighted by Gasteiger charge is -2.61. The van der Waals surface area contributed by atoms with Crippen molar-refractivity contribution in [2.45, 2.75) is 89.1 Å². The monoisotopic (exact) mass is 550 g/mol. The van der Waals surface area contributed by atoms with E-state index in [-0.39, 0.29) is 23.7 Å². The number of carbonyl (C=O) groups is 4. The van der Waals surface area contributed by atoms with Crippen molar-refractivity contribution in [1.29, 1.82) is 0 Å². The third-order valence-corrected chi connectivity index (χ3v) is 10.6. The Kier molecular flexibility index (Phi) is 6.99. The SMILES string of the molecule is COC(=O)O[C@H]1CC[C@@]2(C)C(=C[C@H](OC(=O)OC)C3C2[C@H](OC(=O)OC)C[C@@]2(C)C3CCC23CCC(=O)O3)C1. The highest BCUT2D eigenvalue weighted by atomic mass is 16.7. The molecule has 5 rings (SSSR count). The number of ether oxygens (including phenoxy) is 7. The van der Waals surface area contributed by atoms with Crippen LogP contribution in [-0.2, 0) is 38.0 Å². The fourth-order valence-corrected chi connectivity index (χ4v) is 8.79. The predicted octanol–water partition coefficient (Wildman–Crippen LogP) is 4.70. The van der Waals surface area contributed by atoms with E-state index in [4.69, 9.17) is 33.2 Å². The first-order valence-electron chi connectivity index (χ1n) is 13.7. The van der Waals surface area contributed by atoms with E-state index >= 15 is 0 Å². The first kappa shape index (κ1) is 27.6. The molecule has 216 valence electrons. The quantitative estimate of drug-likeness (QED) is 0.275. The minimum atomic E-state index is -0.810. The molecule has 11 heteroatoms. The van der Waals surface area contributed by atoms with E-state index in [0.29, 0.717) is 44.9 Å². The maximum absolute atomic E-state index is 12.6. The largest absolute Gasteiger partial charge is 0.508 e. The molecular formula is C28H38O11. The van der Waals surface area contributed by atoms with Crippen LogP contribution in [0.1, 0.15) is 65.2 Å². The summed E-state index contributed by atoms with van der Waals surface area (Å²) in [6, 6.07) is 0. The summed E-state index contributed by atoms with van der Waals surface area (Å²) in [5, 5.41) is 0. The van der Waals surface area contributed by atoms with Gasteiger partial charge in [-0.05, 0) is 55.9 Å². The maximum Gasteiger partial charge on any atom is 0.508 e. The van der Waals surface area contributed by atoms with Crippen molar-refractivity contribution in [1.82, 2.24) is 0 Å². The van der Waals surface area contributed by atoms with Gasteiger partial charge in [0.05, 0.1) is 21.3 Å². The molecule has 4 fully saturated rings. The average molecular weight is 551 g/mol. The Bertz CT molecular complexity index is 1070. The molecule has 11 nitrogen and oxygen atoms in total. The minimum absolute atomic E-state index is 0.0271. The Morgan fingerprint density at radius 3 is 2.21 bits per heavy atom. The Labute approximate surface area is 227 Å². The van der Waals surface area contributed by atoms with E-state index in [0.717, 1.165) is 12.0 Å². The topological polar surface area (TPSA) is 133 Å². The zero-order valence-electron chi connectivity index (χ0n) is 23.2. The highest BCUT2D eigenvalue weighted by Gasteiger charge is 2.71. The second kappa shape index (κ2) is 9.89. The molecule has 1 saturated heterocycles. The van der Waals surface area contributed by atoms with E-state index in [1.807, 2.05) is 6.08 Å². The molecule has 3 saturated carbocycles. The van der Waals surface area contributed by atoms with Crippen LogP contribution < -0.4 is 0 Å². The van der Waals surface area contributed by atoms with Crippen LogP contribution in [0.25, 0.3) is 0 Å². The van der Waals surface area contributed by atoms with Crippen molar-refractivity contribution in [2.75, 3.05) is 21.3 Å². The van der Waals surface area contributed by atoms with Crippen LogP contribution in [0.2, 0.25) is 0 Å². The van der Waals surface area contributed by atoms with Crippen molar-refractivity contribution < 1.29 is 52.3 Å². The van der Waals surface area contributed by atoms with Gasteiger partial charge in [0, 0.05) is 30.1 Å². The molecule has 0 aromatic rings. The lowest BCUT2D eigenvalue weighted by molar-refractivity contribution is -0.197. The summed E-state index contributed by atoms with van der Waals surface area (Å²) < 4.78 is 38.0. The highest BCUT2D eigenvalue weighted by molar-refractivity contribution is 5.72. The average Bonchev–Trinajstić information content (AvgIpc) is 3.43. The number of fused-ring (bicyclic) bond motifs is 6. The summed E-state index contributed by atoms with van der Waals surface area (Å²) in [4.78, 5) is 49.3. The molecule has 0 aromatic heterocycles. The van der Waals surface area contributed by atoms with E-state index in [9.17, 15) is 19.2 Å². The van der Waals surface area contributed by atoms with E-state index < -0.39 is 53.2 Å². The lowest BCUT2D eigenvalue weighted by Crippen LogP contribution is -2.63. The molecule has 0 radical (unpaired) electrons. The Balaban J connectivity index is 1.60. The van der Waals surface area contributed by atoms with Crippen LogP contribution in [0, 0.1) is 28.6 Å². The molecule has 4 unspecified atom stereocenters. The molecule has 0 bridgehead atoms. The second-order valence-electron chi connectivity index (χ2n) is 12.0. The molecule has 0 amide bonds. The van der Waals surface area contributed by atoms with E-state index in [2.05, 4.69) is 13.8 Å². The summed E-state index contributed by atoms with van der Waals surface area (Å²) in [6.07, 6.45) is 2.58. The van der Waals surface area contributed by atoms with Gasteiger partial charge in [0.2, 0.25) is 0 Å². The number of rotatable bonds is 3. The summed E-state index contributed by atoms with van der Waals surface area (Å²) in [5.74, 6) is -0.647. The molecule has 5 aliphatic rings. The second-order valence-corrected chi connectivity index (χ2v) is 12.0. The van der Waals surface area contributed by atoms with Crippen LogP contribution in [0.5, 0.6) is 0 Å². The van der Waals surface area contributed by atoms with Gasteiger partial charge in [0.1, 0.15) is 23.9 Å². The Morgan fingerprint density at radius 2 is 1.56 bits per heavy atom. The number of esters is 1. The van der Waals surface area contributed by atoms with Crippen LogP contribution in [0.3, 0.4) is 0 Å². The standard InChI is InChI=1S/C28H38O11/c1-26-9-6-16(36-23(30)33-3)12-15(26)13-18(37-24(31)34-4)21-17-7-10-28(11-8-20(29)39-28)27(17,2)14-19(22(21)26)38-25(32)35-5/h13,16-19,21-22H,6-12,14H2,1-5H3/t16-,17?,18-,19+,21?,22?,26-,27-,28?/m0/s1. The molecular weight excluding hydrogens is 512 g/mol. The molecule has 0 N–H and O–H groups in total. The van der Waals surface area contributed by atoms with Gasteiger partial charge in [0.25, 0.3) is 0 Å². The van der Waals surface area contributed by atoms with Crippen LogP contribution in [-0.4, -0.2) is 69.7 Å². The highest BCUT2D eigenvalue weighted by Crippen LogP contribution is 2.70. The van der Waals surface area contributed by atoms with Gasteiger partial charge in [-0.1, -0.05) is 19.4 Å². The van der Waals surface area contributed by atoms with Gasteiger partial charge < -0.3 is 33.2 Å². The third kappa shape index (κ3) is 4.32. The van der Waals surface area contributed by atoms with Gasteiger partial charge in [0.15, 0.2) is 0 Å². The lowest BCUT2D eigenvalue weighted by atomic mass is 9.45. The number of methoxy groups -OCH3 is 3. The summed E-state index contributed by atoms with van der Waals surface area (Å²) >= 11 is 0. The van der Waals surface area contributed by atoms with Crippen LogP contribution in [0.15, 0.2) is 11.6 Å². The molecule has 4 aliphatic carbocycles. The molecule has 1 aliphatic heterocycles. The summed E-state index contributed by atoms with van der Waals surface area (Å²) in [5.41, 5.74) is -0.632. The molecule has 1 spiro atoms. The zero-order chi connectivity index (χ0) is 28.2. The van der Waals surface area contributed by atoms with Crippen molar-refractivity contribution in [2.24, 2.45) is 28.6 Å². The van der Waals surface area contributed by atoms with Crippen LogP contribution in [0.4, 0.5) is 14.4 Å². The Hall–Kier alpha value is -2.98. The number of hydrogen-bond acceptors (Lipinski definition) is 11. The van der Waals surface area contributed by atoms with Gasteiger partial charge >= 0.3 is 24.4 Å². The minimum Gasteiger partial charge on any atom is -0.458 e. The number of carbonyl (C=O) groups excluding carboxylic acids is 4. The first-order chi connectivity index (χ1) is 18.5. The van der Waals surface area contributed by atoms with E-state index in [1.54, 1.807) is 0 Å². The van der Waals surface area contributed by atoms with Gasteiger partial charge in [-0.2, -0.15) is 0 Å². The fourth-order valence-electron chi connectivity index (χ4n) is 8.79. The Morgan fingerprint density at radius 1 is 0.897 bits per heavy atom. The fraction of sp³-hybridized carbons (Fsp3) is 0.786. The van der Waals surface area contributed by atoms with Gasteiger partial charge in [-0.3, -0.25) is 4.79 Å². The van der Waals surface area contributed by atoms with Gasteiger partial charge in [-0.15, -0.1) is 0 Å². The normalized spacial score (nSPS) is 42.2. The van der Waals surface area contributed by atoms with Crippen molar-refractivity contribution >= 4 is 24.4 Å². The smallest absolute Gasteiger partial charge is 0.458 e. The summed E-state index contributed by atoms with van der Waals surface area (Å²) in [6.45, 7) is 4.26. The summed E-state index contributed by atoms with van der Waals surface area (Å²) in [7, 11) is 3.80. The molecule has 9 atom stereocenters.